The zero-order valence-corrected chi connectivity index (χ0v) is 12.9. The maximum atomic E-state index is 12.5. The Hall–Kier alpha value is -2.21. The van der Waals surface area contributed by atoms with Crippen molar-refractivity contribution in [2.24, 2.45) is 0 Å². The first kappa shape index (κ1) is 14.7. The summed E-state index contributed by atoms with van der Waals surface area (Å²) in [5.41, 5.74) is 7.70. The Morgan fingerprint density at radius 2 is 2.36 bits per heavy atom. The van der Waals surface area contributed by atoms with Crippen LogP contribution in [0.25, 0.3) is 0 Å². The third-order valence-corrected chi connectivity index (χ3v) is 4.19. The van der Waals surface area contributed by atoms with E-state index in [1.54, 1.807) is 12.4 Å². The summed E-state index contributed by atoms with van der Waals surface area (Å²) in [6, 6.07) is 3.15. The Balaban J connectivity index is 1.77. The zero-order chi connectivity index (χ0) is 15.7. The molecule has 1 aromatic carbocycles. The molecule has 0 aliphatic carbocycles. The molecule has 0 spiro atoms. The van der Waals surface area contributed by atoms with E-state index >= 15 is 0 Å². The lowest BCUT2D eigenvalue weighted by Crippen LogP contribution is -2.40. The van der Waals surface area contributed by atoms with E-state index in [2.05, 4.69) is 14.9 Å². The fraction of sp³-hybridized carbons (Fsp3) is 0.333. The van der Waals surface area contributed by atoms with Gasteiger partial charge in [-0.3, -0.25) is 4.79 Å². The van der Waals surface area contributed by atoms with Crippen LogP contribution in [0.2, 0.25) is 5.02 Å². The highest BCUT2D eigenvalue weighted by molar-refractivity contribution is 6.33. The molecule has 2 heterocycles. The minimum Gasteiger partial charge on any atom is -0.496 e. The van der Waals surface area contributed by atoms with Crippen molar-refractivity contribution in [2.75, 3.05) is 12.8 Å². The molecule has 1 amide bonds. The Labute approximate surface area is 133 Å². The number of hydrogen-bond acceptors (Lipinski definition) is 4. The minimum atomic E-state index is -0.215. The van der Waals surface area contributed by atoms with E-state index < -0.39 is 0 Å². The maximum Gasteiger partial charge on any atom is 0.255 e. The number of imidazole rings is 1. The summed E-state index contributed by atoms with van der Waals surface area (Å²) in [6.07, 6.45) is 5.42. The van der Waals surface area contributed by atoms with Crippen LogP contribution in [0.15, 0.2) is 24.7 Å². The van der Waals surface area contributed by atoms with Crippen LogP contribution in [0.3, 0.4) is 0 Å². The van der Waals surface area contributed by atoms with E-state index in [1.807, 2.05) is 6.20 Å². The van der Waals surface area contributed by atoms with E-state index in [9.17, 15) is 4.79 Å². The molecule has 1 aliphatic rings. The first-order valence-corrected chi connectivity index (χ1v) is 7.39. The number of fused-ring (bicyclic) bond motifs is 1. The van der Waals surface area contributed by atoms with Crippen LogP contribution in [-0.2, 0) is 13.0 Å². The van der Waals surface area contributed by atoms with E-state index in [4.69, 9.17) is 22.1 Å². The lowest BCUT2D eigenvalue weighted by atomic mass is 10.0. The topological polar surface area (TPSA) is 82.2 Å². The van der Waals surface area contributed by atoms with Crippen molar-refractivity contribution in [2.45, 2.75) is 25.4 Å². The second-order valence-electron chi connectivity index (χ2n) is 5.32. The van der Waals surface area contributed by atoms with Gasteiger partial charge in [0.1, 0.15) is 5.75 Å². The molecule has 1 aromatic heterocycles. The molecule has 0 saturated carbocycles. The molecule has 3 N–H and O–H groups in total. The molecular weight excluding hydrogens is 304 g/mol. The standard InChI is InChI=1S/C15H17ClN4O2/c1-22-14-5-13(17)12(16)4-11(14)15(21)19-9-2-3-10-6-18-8-20(10)7-9/h4-6,8-9H,2-3,7,17H2,1H3,(H,19,21). The van der Waals surface area contributed by atoms with Gasteiger partial charge < -0.3 is 20.4 Å². The van der Waals surface area contributed by atoms with E-state index in [0.717, 1.165) is 12.8 Å². The second kappa shape index (κ2) is 5.88. The molecule has 2 aromatic rings. The van der Waals surface area contributed by atoms with E-state index in [1.165, 1.54) is 18.9 Å². The van der Waals surface area contributed by atoms with Gasteiger partial charge >= 0.3 is 0 Å². The Bertz CT molecular complexity index is 714. The maximum absolute atomic E-state index is 12.5. The lowest BCUT2D eigenvalue weighted by Gasteiger charge is -2.25. The van der Waals surface area contributed by atoms with Gasteiger partial charge in [0, 0.05) is 30.5 Å². The summed E-state index contributed by atoms with van der Waals surface area (Å²) < 4.78 is 7.28. The molecule has 3 rings (SSSR count). The number of nitrogens with two attached hydrogens (primary N) is 1. The van der Waals surface area contributed by atoms with Gasteiger partial charge in [-0.15, -0.1) is 0 Å². The van der Waals surface area contributed by atoms with Crippen LogP contribution in [0.4, 0.5) is 5.69 Å². The first-order valence-electron chi connectivity index (χ1n) is 7.01. The van der Waals surface area contributed by atoms with Gasteiger partial charge in [-0.2, -0.15) is 0 Å². The van der Waals surface area contributed by atoms with Crippen LogP contribution < -0.4 is 15.8 Å². The quantitative estimate of drug-likeness (QED) is 0.846. The van der Waals surface area contributed by atoms with Gasteiger partial charge in [-0.25, -0.2) is 4.98 Å². The van der Waals surface area contributed by atoms with Gasteiger partial charge in [0.25, 0.3) is 5.91 Å². The fourth-order valence-electron chi connectivity index (χ4n) is 2.67. The number of nitrogen functional groups attached to an aromatic ring is 1. The average molecular weight is 321 g/mol. The summed E-state index contributed by atoms with van der Waals surface area (Å²) in [6.45, 7) is 0.714. The Morgan fingerprint density at radius 1 is 1.55 bits per heavy atom. The summed E-state index contributed by atoms with van der Waals surface area (Å²) in [7, 11) is 1.50. The fourth-order valence-corrected chi connectivity index (χ4v) is 2.83. The number of carbonyl (C=O) groups excluding carboxylic acids is 1. The van der Waals surface area contributed by atoms with Crippen molar-refractivity contribution in [1.29, 1.82) is 0 Å². The molecule has 0 radical (unpaired) electrons. The third-order valence-electron chi connectivity index (χ3n) is 3.86. The molecule has 0 bridgehead atoms. The molecule has 0 saturated heterocycles. The van der Waals surface area contributed by atoms with Crippen LogP contribution >= 0.6 is 11.6 Å². The number of ether oxygens (including phenoxy) is 1. The van der Waals surface area contributed by atoms with Crippen LogP contribution in [0.5, 0.6) is 5.75 Å². The number of rotatable bonds is 3. The monoisotopic (exact) mass is 320 g/mol. The smallest absolute Gasteiger partial charge is 0.255 e. The van der Waals surface area contributed by atoms with E-state index in [0.29, 0.717) is 28.6 Å². The molecule has 7 heteroatoms. The molecule has 22 heavy (non-hydrogen) atoms. The number of carbonyl (C=O) groups is 1. The Kier molecular flexibility index (Phi) is 3.94. The number of hydrogen-bond donors (Lipinski definition) is 2. The summed E-state index contributed by atoms with van der Waals surface area (Å²) in [5.74, 6) is 0.200. The van der Waals surface area contributed by atoms with E-state index in [-0.39, 0.29) is 11.9 Å². The van der Waals surface area contributed by atoms with Crippen molar-refractivity contribution in [3.8, 4) is 5.75 Å². The predicted octanol–water partition coefficient (Wildman–Crippen LogP) is 1.87. The normalized spacial score (nSPS) is 16.9. The molecule has 116 valence electrons. The molecule has 1 unspecified atom stereocenters. The third kappa shape index (κ3) is 2.74. The number of nitrogens with one attached hydrogen (secondary N) is 1. The van der Waals surface area contributed by atoms with Gasteiger partial charge in [0.2, 0.25) is 0 Å². The number of halogens is 1. The molecule has 1 aliphatic heterocycles. The number of anilines is 1. The number of methoxy groups -OCH3 is 1. The second-order valence-corrected chi connectivity index (χ2v) is 5.73. The van der Waals surface area contributed by atoms with Crippen molar-refractivity contribution in [1.82, 2.24) is 14.9 Å². The number of aryl methyl sites for hydroxylation is 1. The molecule has 1 atom stereocenters. The highest BCUT2D eigenvalue weighted by Gasteiger charge is 2.22. The van der Waals surface area contributed by atoms with Crippen LogP contribution in [0, 0.1) is 0 Å². The predicted molar refractivity (Wildman–Crippen MR) is 84.2 cm³/mol. The molecule has 0 fully saturated rings. The largest absolute Gasteiger partial charge is 0.496 e. The first-order chi connectivity index (χ1) is 10.6. The SMILES string of the molecule is COc1cc(N)c(Cl)cc1C(=O)NC1CCc2cncn2C1. The van der Waals surface area contributed by atoms with Crippen LogP contribution in [-0.4, -0.2) is 28.6 Å². The molecule has 6 nitrogen and oxygen atoms in total. The van der Waals surface area contributed by atoms with Gasteiger partial charge in [-0.05, 0) is 18.9 Å². The minimum absolute atomic E-state index is 0.0511. The van der Waals surface area contributed by atoms with Crippen LogP contribution in [0.1, 0.15) is 22.5 Å². The van der Waals surface area contributed by atoms with Crippen molar-refractivity contribution < 1.29 is 9.53 Å². The number of amides is 1. The van der Waals surface area contributed by atoms with Gasteiger partial charge in [-0.1, -0.05) is 11.6 Å². The summed E-state index contributed by atoms with van der Waals surface area (Å²) >= 11 is 6.01. The zero-order valence-electron chi connectivity index (χ0n) is 12.2. The molecular formula is C15H17ClN4O2. The van der Waals surface area contributed by atoms with Gasteiger partial charge in [0.05, 0.1) is 29.7 Å². The average Bonchev–Trinajstić information content (AvgIpc) is 2.97. The number of nitrogens with zero attached hydrogens (tertiary/aromatic N) is 2. The number of aromatic nitrogens is 2. The number of benzene rings is 1. The van der Waals surface area contributed by atoms with Crippen molar-refractivity contribution >= 4 is 23.2 Å². The van der Waals surface area contributed by atoms with Gasteiger partial charge in [0.15, 0.2) is 0 Å². The highest BCUT2D eigenvalue weighted by Crippen LogP contribution is 2.29. The summed E-state index contributed by atoms with van der Waals surface area (Å²) in [4.78, 5) is 16.6. The Morgan fingerprint density at radius 3 is 3.14 bits per heavy atom. The highest BCUT2D eigenvalue weighted by atomic mass is 35.5. The summed E-state index contributed by atoms with van der Waals surface area (Å²) in [5, 5.41) is 3.36. The lowest BCUT2D eigenvalue weighted by molar-refractivity contribution is 0.0925. The van der Waals surface area contributed by atoms with Crippen molar-refractivity contribution in [3.05, 3.63) is 40.9 Å². The van der Waals surface area contributed by atoms with Crippen molar-refractivity contribution in [3.63, 3.8) is 0 Å².